The molecule has 0 bridgehead atoms. The van der Waals surface area contributed by atoms with Crippen LogP contribution < -0.4 is 9.64 Å². The number of hydrogen-bond donors (Lipinski definition) is 0. The summed E-state index contributed by atoms with van der Waals surface area (Å²) in [4.78, 5) is 6.68. The summed E-state index contributed by atoms with van der Waals surface area (Å²) in [6, 6.07) is 28.3. The highest BCUT2D eigenvalue weighted by Crippen LogP contribution is 2.42. The van der Waals surface area contributed by atoms with E-state index >= 15 is 0 Å². The number of anilines is 1. The topological polar surface area (TPSA) is 25.4 Å². The molecule has 0 N–H and O–H groups in total. The van der Waals surface area contributed by atoms with Gasteiger partial charge in [-0.1, -0.05) is 54.6 Å². The van der Waals surface area contributed by atoms with Gasteiger partial charge in [0.25, 0.3) is 0 Å². The largest absolute Gasteiger partial charge is 0.481 e. The number of rotatable bonds is 5. The highest BCUT2D eigenvalue weighted by molar-refractivity contribution is 9.10. The zero-order valence-electron chi connectivity index (χ0n) is 19.7. The highest BCUT2D eigenvalue weighted by Gasteiger charge is 2.17. The molecule has 0 saturated heterocycles. The van der Waals surface area contributed by atoms with Crippen LogP contribution in [0.25, 0.3) is 44.2 Å². The van der Waals surface area contributed by atoms with Gasteiger partial charge in [0.05, 0.1) is 11.6 Å². The molecule has 1 heterocycles. The Labute approximate surface area is 213 Å². The third-order valence-corrected chi connectivity index (χ3v) is 6.83. The molecule has 0 radical (unpaired) electrons. The maximum atomic E-state index is 14.3. The molecule has 0 spiro atoms. The smallest absolute Gasteiger partial charge is 0.221 e. The van der Waals surface area contributed by atoms with Gasteiger partial charge in [0.15, 0.2) is 0 Å². The molecule has 5 aromatic rings. The van der Waals surface area contributed by atoms with E-state index in [0.717, 1.165) is 39.1 Å². The number of hydrogen-bond acceptors (Lipinski definition) is 3. The van der Waals surface area contributed by atoms with E-state index in [2.05, 4.69) is 86.5 Å². The summed E-state index contributed by atoms with van der Waals surface area (Å²) >= 11 is 3.23. The van der Waals surface area contributed by atoms with Crippen molar-refractivity contribution >= 4 is 32.4 Å². The van der Waals surface area contributed by atoms with Gasteiger partial charge in [0.2, 0.25) is 5.88 Å². The number of nitrogens with zero attached hydrogens (tertiary/aromatic N) is 2. The molecule has 0 saturated carbocycles. The number of ether oxygens (including phenoxy) is 1. The van der Waals surface area contributed by atoms with Crippen molar-refractivity contribution in [2.45, 2.75) is 0 Å². The van der Waals surface area contributed by atoms with E-state index in [-0.39, 0.29) is 5.82 Å². The zero-order chi connectivity index (χ0) is 24.5. The van der Waals surface area contributed by atoms with Crippen LogP contribution in [0.3, 0.4) is 0 Å². The number of fused-ring (bicyclic) bond motifs is 1. The summed E-state index contributed by atoms with van der Waals surface area (Å²) in [6.45, 7) is 0. The summed E-state index contributed by atoms with van der Waals surface area (Å²) in [5.41, 5.74) is 6.70. The normalized spacial score (nSPS) is 11.0. The van der Waals surface area contributed by atoms with Crippen molar-refractivity contribution in [3.8, 4) is 39.3 Å². The predicted octanol–water partition coefficient (Wildman–Crippen LogP) is 8.21. The summed E-state index contributed by atoms with van der Waals surface area (Å²) in [5, 5.41) is 2.35. The predicted molar refractivity (Wildman–Crippen MR) is 147 cm³/mol. The Morgan fingerprint density at radius 2 is 1.57 bits per heavy atom. The zero-order valence-corrected chi connectivity index (χ0v) is 21.3. The first kappa shape index (κ1) is 23.1. The Kier molecular flexibility index (Phi) is 6.27. The minimum Gasteiger partial charge on any atom is -0.481 e. The van der Waals surface area contributed by atoms with E-state index in [0.29, 0.717) is 10.4 Å². The van der Waals surface area contributed by atoms with Crippen LogP contribution in [0.5, 0.6) is 5.88 Å². The van der Waals surface area contributed by atoms with Gasteiger partial charge >= 0.3 is 0 Å². The van der Waals surface area contributed by atoms with Crippen LogP contribution in [-0.2, 0) is 0 Å². The molecule has 174 valence electrons. The molecule has 0 unspecified atom stereocenters. The van der Waals surface area contributed by atoms with Crippen LogP contribution in [0, 0.1) is 5.82 Å². The lowest BCUT2D eigenvalue weighted by Crippen LogP contribution is -2.08. The van der Waals surface area contributed by atoms with E-state index in [4.69, 9.17) is 4.74 Å². The van der Waals surface area contributed by atoms with Crippen molar-refractivity contribution in [2.24, 2.45) is 0 Å². The van der Waals surface area contributed by atoms with Crippen LogP contribution in [0.1, 0.15) is 0 Å². The van der Waals surface area contributed by atoms with E-state index in [1.165, 1.54) is 16.8 Å². The third-order valence-electron chi connectivity index (χ3n) is 6.19. The van der Waals surface area contributed by atoms with Gasteiger partial charge in [0, 0.05) is 37.1 Å². The Hall–Kier alpha value is -3.70. The second-order valence-electron chi connectivity index (χ2n) is 8.56. The standard InChI is InChI=1S/C30H24BrFN2O/c1-34(2)22-12-13-25(26(17-22)24-10-6-8-19-7-4-5-9-23(19)24)27-15-21(18-33-30(27)35-3)20-11-14-28(31)29(32)16-20/h4-18H,1-3H3. The van der Waals surface area contributed by atoms with Crippen LogP contribution in [0.4, 0.5) is 10.1 Å². The van der Waals surface area contributed by atoms with Gasteiger partial charge in [-0.2, -0.15) is 0 Å². The number of aromatic nitrogens is 1. The molecule has 1 aromatic heterocycles. The molecule has 4 aromatic carbocycles. The molecule has 5 rings (SSSR count). The first-order valence-electron chi connectivity index (χ1n) is 11.3. The molecular formula is C30H24BrFN2O. The quantitative estimate of drug-likeness (QED) is 0.230. The lowest BCUT2D eigenvalue weighted by molar-refractivity contribution is 0.400. The van der Waals surface area contributed by atoms with Crippen molar-refractivity contribution in [1.29, 1.82) is 0 Å². The van der Waals surface area contributed by atoms with Gasteiger partial charge in [0.1, 0.15) is 5.82 Å². The highest BCUT2D eigenvalue weighted by atomic mass is 79.9. The van der Waals surface area contributed by atoms with Gasteiger partial charge < -0.3 is 9.64 Å². The number of methoxy groups -OCH3 is 1. The fraction of sp³-hybridized carbons (Fsp3) is 0.100. The van der Waals surface area contributed by atoms with Crippen LogP contribution >= 0.6 is 15.9 Å². The SMILES string of the molecule is COc1ncc(-c2ccc(Br)c(F)c2)cc1-c1ccc(N(C)C)cc1-c1cccc2ccccc12. The monoisotopic (exact) mass is 526 g/mol. The molecular weight excluding hydrogens is 503 g/mol. The van der Waals surface area contributed by atoms with Crippen molar-refractivity contribution in [3.05, 3.63) is 101 Å². The Morgan fingerprint density at radius 1 is 0.771 bits per heavy atom. The van der Waals surface area contributed by atoms with Gasteiger partial charge in [-0.3, -0.25) is 0 Å². The Bertz CT molecular complexity index is 1540. The second-order valence-corrected chi connectivity index (χ2v) is 9.42. The summed E-state index contributed by atoms with van der Waals surface area (Å²) in [6.07, 6.45) is 1.72. The minimum atomic E-state index is -0.313. The van der Waals surface area contributed by atoms with Gasteiger partial charge in [-0.05, 0) is 79.3 Å². The maximum Gasteiger partial charge on any atom is 0.221 e. The first-order valence-corrected chi connectivity index (χ1v) is 12.0. The molecule has 35 heavy (non-hydrogen) atoms. The average Bonchev–Trinajstić information content (AvgIpc) is 2.89. The van der Waals surface area contributed by atoms with Gasteiger partial charge in [-0.15, -0.1) is 0 Å². The number of benzene rings is 4. The summed E-state index contributed by atoms with van der Waals surface area (Å²) in [7, 11) is 5.69. The van der Waals surface area contributed by atoms with Gasteiger partial charge in [-0.25, -0.2) is 9.37 Å². The second kappa shape index (κ2) is 9.51. The fourth-order valence-electron chi connectivity index (χ4n) is 4.37. The lowest BCUT2D eigenvalue weighted by atomic mass is 9.90. The lowest BCUT2D eigenvalue weighted by Gasteiger charge is -2.19. The molecule has 0 aliphatic heterocycles. The molecule has 0 aliphatic rings. The van der Waals surface area contributed by atoms with E-state index in [1.807, 2.05) is 26.2 Å². The van der Waals surface area contributed by atoms with Crippen LogP contribution in [0.15, 0.2) is 95.6 Å². The fourth-order valence-corrected chi connectivity index (χ4v) is 4.62. The summed E-state index contributed by atoms with van der Waals surface area (Å²) in [5.74, 6) is 0.206. The first-order chi connectivity index (χ1) is 17.0. The molecule has 0 amide bonds. The minimum absolute atomic E-state index is 0.313. The summed E-state index contributed by atoms with van der Waals surface area (Å²) < 4.78 is 20.4. The third kappa shape index (κ3) is 4.40. The molecule has 5 heteroatoms. The number of halogens is 2. The van der Waals surface area contributed by atoms with Crippen molar-refractivity contribution < 1.29 is 9.13 Å². The Balaban J connectivity index is 1.78. The maximum absolute atomic E-state index is 14.3. The van der Waals surface area contributed by atoms with Crippen molar-refractivity contribution in [3.63, 3.8) is 0 Å². The van der Waals surface area contributed by atoms with Crippen molar-refractivity contribution in [2.75, 3.05) is 26.1 Å². The van der Waals surface area contributed by atoms with Crippen molar-refractivity contribution in [1.82, 2.24) is 4.98 Å². The molecule has 3 nitrogen and oxygen atoms in total. The number of pyridine rings is 1. The molecule has 0 atom stereocenters. The average molecular weight is 527 g/mol. The van der Waals surface area contributed by atoms with E-state index < -0.39 is 0 Å². The van der Waals surface area contributed by atoms with E-state index in [9.17, 15) is 4.39 Å². The molecule has 0 fully saturated rings. The van der Waals surface area contributed by atoms with Crippen LogP contribution in [0.2, 0.25) is 0 Å². The molecule has 0 aliphatic carbocycles. The Morgan fingerprint density at radius 3 is 2.34 bits per heavy atom. The van der Waals surface area contributed by atoms with Crippen LogP contribution in [-0.4, -0.2) is 26.2 Å². The van der Waals surface area contributed by atoms with E-state index in [1.54, 1.807) is 19.4 Å².